The molecule has 0 saturated heterocycles. The van der Waals surface area contributed by atoms with Crippen molar-refractivity contribution in [3.8, 4) is 46.8 Å². The molecule has 3 aromatic carbocycles. The Bertz CT molecular complexity index is 1400. The van der Waals surface area contributed by atoms with E-state index in [1.165, 1.54) is 0 Å². The molecule has 0 bridgehead atoms. The molecule has 0 unspecified atom stereocenters. The summed E-state index contributed by atoms with van der Waals surface area (Å²) in [6, 6.07) is 20.2. The third kappa shape index (κ3) is 7.58. The van der Waals surface area contributed by atoms with Crippen LogP contribution in [0.15, 0.2) is 77.9 Å². The molecular weight excluding hydrogens is 494 g/mol. The first-order valence-electron chi connectivity index (χ1n) is 12.3. The van der Waals surface area contributed by atoms with E-state index in [1.807, 2.05) is 70.2 Å². The van der Waals surface area contributed by atoms with Gasteiger partial charge in [-0.1, -0.05) is 41.5 Å². The van der Waals surface area contributed by atoms with Crippen LogP contribution in [0, 0.1) is 0 Å². The molecule has 0 amide bonds. The normalized spacial score (nSPS) is 10.3. The zero-order valence-corrected chi connectivity index (χ0v) is 22.9. The Morgan fingerprint density at radius 1 is 0.538 bits per heavy atom. The van der Waals surface area contributed by atoms with Gasteiger partial charge in [-0.25, -0.2) is 0 Å². The molecule has 39 heavy (non-hydrogen) atoms. The second-order valence-corrected chi connectivity index (χ2v) is 9.05. The number of hydrogen-bond acceptors (Lipinski definition) is 8. The van der Waals surface area contributed by atoms with Crippen molar-refractivity contribution in [1.82, 2.24) is 15.0 Å². The van der Waals surface area contributed by atoms with Crippen molar-refractivity contribution < 1.29 is 23.7 Å². The van der Waals surface area contributed by atoms with Gasteiger partial charge in [0.05, 0.1) is 14.2 Å². The Morgan fingerprint density at radius 2 is 0.974 bits per heavy atom. The van der Waals surface area contributed by atoms with E-state index in [-0.39, 0.29) is 18.0 Å². The molecule has 0 aliphatic rings. The van der Waals surface area contributed by atoms with Crippen molar-refractivity contribution in [2.45, 2.75) is 27.7 Å². The fourth-order valence-electron chi connectivity index (χ4n) is 3.59. The van der Waals surface area contributed by atoms with Gasteiger partial charge in [-0.3, -0.25) is 0 Å². The topological polar surface area (TPSA) is 84.8 Å². The van der Waals surface area contributed by atoms with E-state index in [4.69, 9.17) is 23.7 Å². The SMILES string of the molecule is COc1ccc(Oc2nc(Oc3ccccc3)nc(Oc3ccc(OC)cc3C=C(C)C)n2)c(C=C(C)C)c1. The fraction of sp³-hybridized carbons (Fsp3) is 0.194. The summed E-state index contributed by atoms with van der Waals surface area (Å²) in [5, 5.41) is 0. The quantitative estimate of drug-likeness (QED) is 0.205. The zero-order chi connectivity index (χ0) is 27.8. The summed E-state index contributed by atoms with van der Waals surface area (Å²) in [4.78, 5) is 13.2. The molecule has 4 aromatic rings. The molecule has 0 N–H and O–H groups in total. The van der Waals surface area contributed by atoms with E-state index in [1.54, 1.807) is 50.6 Å². The molecule has 8 nitrogen and oxygen atoms in total. The molecule has 0 atom stereocenters. The van der Waals surface area contributed by atoms with E-state index >= 15 is 0 Å². The van der Waals surface area contributed by atoms with Crippen LogP contribution in [-0.4, -0.2) is 29.2 Å². The highest BCUT2D eigenvalue weighted by atomic mass is 16.5. The minimum Gasteiger partial charge on any atom is -0.497 e. The monoisotopic (exact) mass is 525 g/mol. The number of allylic oxidation sites excluding steroid dienone is 2. The number of aromatic nitrogens is 3. The van der Waals surface area contributed by atoms with Gasteiger partial charge < -0.3 is 23.7 Å². The third-order valence-corrected chi connectivity index (χ3v) is 5.25. The molecule has 0 spiro atoms. The summed E-state index contributed by atoms with van der Waals surface area (Å²) in [5.41, 5.74) is 3.80. The predicted molar refractivity (Wildman–Crippen MR) is 151 cm³/mol. The number of ether oxygens (including phenoxy) is 5. The van der Waals surface area contributed by atoms with Gasteiger partial charge in [0.1, 0.15) is 28.7 Å². The lowest BCUT2D eigenvalue weighted by Crippen LogP contribution is -2.02. The summed E-state index contributed by atoms with van der Waals surface area (Å²) in [5.74, 6) is 3.04. The Kier molecular flexibility index (Phi) is 8.78. The molecule has 0 radical (unpaired) electrons. The minimum atomic E-state index is 0.0109. The number of methoxy groups -OCH3 is 2. The molecule has 8 heteroatoms. The fourth-order valence-corrected chi connectivity index (χ4v) is 3.59. The van der Waals surface area contributed by atoms with Gasteiger partial charge in [-0.15, -0.1) is 15.0 Å². The van der Waals surface area contributed by atoms with Crippen LogP contribution in [0.2, 0.25) is 0 Å². The minimum absolute atomic E-state index is 0.0109. The summed E-state index contributed by atoms with van der Waals surface area (Å²) < 4.78 is 29.0. The number of rotatable bonds is 10. The van der Waals surface area contributed by atoms with Crippen molar-refractivity contribution in [3.63, 3.8) is 0 Å². The highest BCUT2D eigenvalue weighted by Gasteiger charge is 2.16. The molecule has 0 aliphatic heterocycles. The van der Waals surface area contributed by atoms with Crippen molar-refractivity contribution in [3.05, 3.63) is 89.0 Å². The van der Waals surface area contributed by atoms with Gasteiger partial charge >= 0.3 is 18.0 Å². The van der Waals surface area contributed by atoms with Crippen molar-refractivity contribution in [2.75, 3.05) is 14.2 Å². The van der Waals surface area contributed by atoms with Crippen LogP contribution >= 0.6 is 0 Å². The van der Waals surface area contributed by atoms with Crippen LogP contribution < -0.4 is 23.7 Å². The van der Waals surface area contributed by atoms with Gasteiger partial charge in [0.15, 0.2) is 0 Å². The number of benzene rings is 3. The van der Waals surface area contributed by atoms with Crippen LogP contribution in [-0.2, 0) is 0 Å². The lowest BCUT2D eigenvalue weighted by molar-refractivity contribution is 0.360. The standard InChI is InChI=1S/C31H31N3O5/c1-20(2)16-22-18-25(35-5)12-14-27(22)38-30-32-29(37-24-10-8-7-9-11-24)33-31(34-30)39-28-15-13-26(36-6)19-23(28)17-21(3)4/h7-19H,1-6H3. The van der Waals surface area contributed by atoms with Crippen LogP contribution in [0.3, 0.4) is 0 Å². The maximum Gasteiger partial charge on any atom is 0.331 e. The summed E-state index contributed by atoms with van der Waals surface area (Å²) in [6.45, 7) is 8.01. The Balaban J connectivity index is 1.76. The number of nitrogens with zero attached hydrogens (tertiary/aromatic N) is 3. The zero-order valence-electron chi connectivity index (χ0n) is 22.9. The Labute approximate surface area is 228 Å². The van der Waals surface area contributed by atoms with Gasteiger partial charge in [-0.2, -0.15) is 0 Å². The lowest BCUT2D eigenvalue weighted by atomic mass is 10.1. The van der Waals surface area contributed by atoms with Crippen molar-refractivity contribution in [1.29, 1.82) is 0 Å². The largest absolute Gasteiger partial charge is 0.497 e. The average molecular weight is 526 g/mol. The number of hydrogen-bond donors (Lipinski definition) is 0. The van der Waals surface area contributed by atoms with Crippen molar-refractivity contribution in [2.24, 2.45) is 0 Å². The van der Waals surface area contributed by atoms with E-state index in [9.17, 15) is 0 Å². The Morgan fingerprint density at radius 3 is 1.38 bits per heavy atom. The molecule has 0 saturated carbocycles. The average Bonchev–Trinajstić information content (AvgIpc) is 2.90. The van der Waals surface area contributed by atoms with Gasteiger partial charge in [0.2, 0.25) is 0 Å². The van der Waals surface area contributed by atoms with E-state index in [0.717, 1.165) is 22.3 Å². The molecular formula is C31H31N3O5. The second-order valence-electron chi connectivity index (χ2n) is 9.05. The van der Waals surface area contributed by atoms with Gasteiger partial charge in [0.25, 0.3) is 0 Å². The van der Waals surface area contributed by atoms with Crippen LogP contribution in [0.5, 0.6) is 46.8 Å². The molecule has 0 fully saturated rings. The maximum atomic E-state index is 6.14. The summed E-state index contributed by atoms with van der Waals surface area (Å²) in [7, 11) is 3.24. The predicted octanol–water partition coefficient (Wildman–Crippen LogP) is 8.11. The summed E-state index contributed by atoms with van der Waals surface area (Å²) in [6.07, 6.45) is 3.97. The maximum absolute atomic E-state index is 6.14. The van der Waals surface area contributed by atoms with E-state index in [0.29, 0.717) is 28.7 Å². The summed E-state index contributed by atoms with van der Waals surface area (Å²) >= 11 is 0. The molecule has 0 aliphatic carbocycles. The Hall–Kier alpha value is -4.85. The number of para-hydroxylation sites is 1. The first kappa shape index (κ1) is 27.2. The first-order chi connectivity index (χ1) is 18.8. The van der Waals surface area contributed by atoms with E-state index in [2.05, 4.69) is 15.0 Å². The molecule has 4 rings (SSSR count). The smallest absolute Gasteiger partial charge is 0.331 e. The second kappa shape index (κ2) is 12.6. The molecule has 1 heterocycles. The molecule has 200 valence electrons. The molecule has 1 aromatic heterocycles. The van der Waals surface area contributed by atoms with Crippen LogP contribution in [0.1, 0.15) is 38.8 Å². The highest BCUT2D eigenvalue weighted by molar-refractivity contribution is 5.62. The van der Waals surface area contributed by atoms with Gasteiger partial charge in [-0.05, 0) is 76.2 Å². The lowest BCUT2D eigenvalue weighted by Gasteiger charge is -2.13. The van der Waals surface area contributed by atoms with Crippen molar-refractivity contribution >= 4 is 12.2 Å². The third-order valence-electron chi connectivity index (χ3n) is 5.25. The highest BCUT2D eigenvalue weighted by Crippen LogP contribution is 2.33. The van der Waals surface area contributed by atoms with Crippen LogP contribution in [0.4, 0.5) is 0 Å². The van der Waals surface area contributed by atoms with Crippen LogP contribution in [0.25, 0.3) is 12.2 Å². The van der Waals surface area contributed by atoms with Gasteiger partial charge in [0, 0.05) is 11.1 Å². The van der Waals surface area contributed by atoms with E-state index < -0.39 is 0 Å². The first-order valence-corrected chi connectivity index (χ1v) is 12.3.